The molecule has 0 amide bonds. The van der Waals surface area contributed by atoms with Gasteiger partial charge in [0.15, 0.2) is 0 Å². The number of hydrogen-bond acceptors (Lipinski definition) is 3. The summed E-state index contributed by atoms with van der Waals surface area (Å²) < 4.78 is 5.25. The van der Waals surface area contributed by atoms with Crippen LogP contribution in [0.2, 0.25) is 0 Å². The SMILES string of the molecule is COc1ccc(C(CN)N2CCC3(CCCC3)CC2)cc1. The fourth-order valence-electron chi connectivity index (χ4n) is 4.26. The molecule has 1 aromatic rings. The van der Waals surface area contributed by atoms with Crippen LogP contribution in [0.4, 0.5) is 0 Å². The average molecular weight is 288 g/mol. The quantitative estimate of drug-likeness (QED) is 0.923. The van der Waals surface area contributed by atoms with Crippen molar-refractivity contribution in [2.24, 2.45) is 11.1 Å². The first-order valence-corrected chi connectivity index (χ1v) is 8.34. The minimum Gasteiger partial charge on any atom is -0.497 e. The highest BCUT2D eigenvalue weighted by molar-refractivity contribution is 5.29. The van der Waals surface area contributed by atoms with Crippen molar-refractivity contribution in [3.8, 4) is 5.75 Å². The number of benzene rings is 1. The van der Waals surface area contributed by atoms with Gasteiger partial charge in [-0.1, -0.05) is 25.0 Å². The Bertz CT molecular complexity index is 441. The number of piperidine rings is 1. The second-order valence-electron chi connectivity index (χ2n) is 6.77. The Balaban J connectivity index is 1.66. The van der Waals surface area contributed by atoms with Gasteiger partial charge in [0, 0.05) is 12.6 Å². The van der Waals surface area contributed by atoms with E-state index in [-0.39, 0.29) is 0 Å². The van der Waals surface area contributed by atoms with Gasteiger partial charge in [-0.3, -0.25) is 4.90 Å². The van der Waals surface area contributed by atoms with Gasteiger partial charge in [0.05, 0.1) is 7.11 Å². The Morgan fingerprint density at radius 2 is 1.71 bits per heavy atom. The molecule has 116 valence electrons. The molecule has 1 saturated carbocycles. The van der Waals surface area contributed by atoms with E-state index in [4.69, 9.17) is 10.5 Å². The van der Waals surface area contributed by atoms with Crippen LogP contribution in [0.1, 0.15) is 50.1 Å². The molecule has 0 bridgehead atoms. The van der Waals surface area contributed by atoms with Crippen molar-refractivity contribution in [1.29, 1.82) is 0 Å². The summed E-state index contributed by atoms with van der Waals surface area (Å²) in [6, 6.07) is 8.77. The summed E-state index contributed by atoms with van der Waals surface area (Å²) >= 11 is 0. The van der Waals surface area contributed by atoms with Crippen molar-refractivity contribution in [2.45, 2.75) is 44.6 Å². The van der Waals surface area contributed by atoms with Gasteiger partial charge >= 0.3 is 0 Å². The Kier molecular flexibility index (Phi) is 4.51. The number of ether oxygens (including phenoxy) is 1. The summed E-state index contributed by atoms with van der Waals surface area (Å²) in [5.41, 5.74) is 8.07. The van der Waals surface area contributed by atoms with Crippen LogP contribution in [0.5, 0.6) is 5.75 Å². The monoisotopic (exact) mass is 288 g/mol. The summed E-state index contributed by atoms with van der Waals surface area (Å²) in [5.74, 6) is 0.915. The smallest absolute Gasteiger partial charge is 0.118 e. The summed E-state index contributed by atoms with van der Waals surface area (Å²) in [4.78, 5) is 2.59. The molecule has 3 heteroatoms. The minimum absolute atomic E-state index is 0.356. The molecule has 1 atom stereocenters. The van der Waals surface area contributed by atoms with Crippen LogP contribution in [0.25, 0.3) is 0 Å². The summed E-state index contributed by atoms with van der Waals surface area (Å²) in [6.45, 7) is 3.10. The highest BCUT2D eigenvalue weighted by Gasteiger charge is 2.38. The summed E-state index contributed by atoms with van der Waals surface area (Å²) in [5, 5.41) is 0. The van der Waals surface area contributed by atoms with E-state index in [2.05, 4.69) is 17.0 Å². The lowest BCUT2D eigenvalue weighted by Gasteiger charge is -2.42. The lowest BCUT2D eigenvalue weighted by molar-refractivity contribution is 0.0780. The van der Waals surface area contributed by atoms with Gasteiger partial charge in [0.2, 0.25) is 0 Å². The van der Waals surface area contributed by atoms with E-state index < -0.39 is 0 Å². The van der Waals surface area contributed by atoms with Crippen molar-refractivity contribution in [3.05, 3.63) is 29.8 Å². The first-order chi connectivity index (χ1) is 10.3. The van der Waals surface area contributed by atoms with Crippen LogP contribution in [-0.4, -0.2) is 31.6 Å². The van der Waals surface area contributed by atoms with Crippen molar-refractivity contribution in [2.75, 3.05) is 26.7 Å². The molecule has 3 rings (SSSR count). The van der Waals surface area contributed by atoms with Gasteiger partial charge in [-0.2, -0.15) is 0 Å². The molecule has 1 heterocycles. The lowest BCUT2D eigenvalue weighted by Crippen LogP contribution is -2.43. The van der Waals surface area contributed by atoms with Crippen LogP contribution < -0.4 is 10.5 Å². The van der Waals surface area contributed by atoms with Crippen LogP contribution in [-0.2, 0) is 0 Å². The molecule has 1 spiro atoms. The number of likely N-dealkylation sites (tertiary alicyclic amines) is 1. The number of rotatable bonds is 4. The highest BCUT2D eigenvalue weighted by atomic mass is 16.5. The molecule has 3 nitrogen and oxygen atoms in total. The fourth-order valence-corrected chi connectivity index (χ4v) is 4.26. The van der Waals surface area contributed by atoms with Crippen molar-refractivity contribution in [1.82, 2.24) is 4.90 Å². The van der Waals surface area contributed by atoms with Gasteiger partial charge in [-0.15, -0.1) is 0 Å². The van der Waals surface area contributed by atoms with Gasteiger partial charge in [0.25, 0.3) is 0 Å². The van der Waals surface area contributed by atoms with Gasteiger partial charge in [-0.05, 0) is 61.9 Å². The third-order valence-electron chi connectivity index (χ3n) is 5.69. The molecular formula is C18H28N2O. The fraction of sp³-hybridized carbons (Fsp3) is 0.667. The Labute approximate surface area is 128 Å². The molecular weight excluding hydrogens is 260 g/mol. The molecule has 1 unspecified atom stereocenters. The van der Waals surface area contributed by atoms with Gasteiger partial charge in [0.1, 0.15) is 5.75 Å². The maximum atomic E-state index is 6.08. The minimum atomic E-state index is 0.356. The molecule has 2 aliphatic rings. The largest absolute Gasteiger partial charge is 0.497 e. The van der Waals surface area contributed by atoms with Crippen LogP contribution >= 0.6 is 0 Å². The zero-order valence-corrected chi connectivity index (χ0v) is 13.2. The Hall–Kier alpha value is -1.06. The molecule has 1 aliphatic heterocycles. The summed E-state index contributed by atoms with van der Waals surface area (Å²) in [7, 11) is 1.71. The molecule has 2 N–H and O–H groups in total. The van der Waals surface area contributed by atoms with Crippen molar-refractivity contribution >= 4 is 0 Å². The normalized spacial score (nSPS) is 23.3. The van der Waals surface area contributed by atoms with E-state index in [1.54, 1.807) is 7.11 Å². The molecule has 0 aromatic heterocycles. The van der Waals surface area contributed by atoms with E-state index in [1.807, 2.05) is 12.1 Å². The van der Waals surface area contributed by atoms with Crippen LogP contribution in [0.15, 0.2) is 24.3 Å². The van der Waals surface area contributed by atoms with Crippen LogP contribution in [0.3, 0.4) is 0 Å². The number of hydrogen-bond donors (Lipinski definition) is 1. The van der Waals surface area contributed by atoms with E-state index in [9.17, 15) is 0 Å². The third-order valence-corrected chi connectivity index (χ3v) is 5.69. The van der Waals surface area contributed by atoms with E-state index in [0.717, 1.165) is 5.75 Å². The second-order valence-corrected chi connectivity index (χ2v) is 6.77. The lowest BCUT2D eigenvalue weighted by atomic mass is 9.76. The third kappa shape index (κ3) is 3.09. The number of nitrogens with two attached hydrogens (primary N) is 1. The predicted octanol–water partition coefficient (Wildman–Crippen LogP) is 3.35. The standard InChI is InChI=1S/C18H28N2O/c1-21-16-6-4-15(5-7-16)17(14-19)20-12-10-18(11-13-20)8-2-3-9-18/h4-7,17H,2-3,8-14,19H2,1H3. The molecule has 1 aliphatic carbocycles. The molecule has 0 radical (unpaired) electrons. The average Bonchev–Trinajstić information content (AvgIpc) is 2.99. The number of nitrogens with zero attached hydrogens (tertiary/aromatic N) is 1. The maximum Gasteiger partial charge on any atom is 0.118 e. The van der Waals surface area contributed by atoms with Crippen LogP contribution in [0, 0.1) is 5.41 Å². The molecule has 2 fully saturated rings. The zero-order chi connectivity index (χ0) is 14.7. The van der Waals surface area contributed by atoms with Crippen molar-refractivity contribution < 1.29 is 4.74 Å². The number of methoxy groups -OCH3 is 1. The maximum absolute atomic E-state index is 6.08. The van der Waals surface area contributed by atoms with E-state index >= 15 is 0 Å². The first-order valence-electron chi connectivity index (χ1n) is 8.34. The predicted molar refractivity (Wildman–Crippen MR) is 86.5 cm³/mol. The zero-order valence-electron chi connectivity index (χ0n) is 13.2. The molecule has 21 heavy (non-hydrogen) atoms. The van der Waals surface area contributed by atoms with E-state index in [0.29, 0.717) is 18.0 Å². The Morgan fingerprint density at radius 1 is 1.10 bits per heavy atom. The van der Waals surface area contributed by atoms with Crippen molar-refractivity contribution in [3.63, 3.8) is 0 Å². The van der Waals surface area contributed by atoms with Gasteiger partial charge in [-0.25, -0.2) is 0 Å². The Morgan fingerprint density at radius 3 is 2.24 bits per heavy atom. The first kappa shape index (κ1) is 14.9. The highest BCUT2D eigenvalue weighted by Crippen LogP contribution is 2.47. The summed E-state index contributed by atoms with van der Waals surface area (Å²) in [6.07, 6.45) is 8.52. The second kappa shape index (κ2) is 6.37. The van der Waals surface area contributed by atoms with Gasteiger partial charge < -0.3 is 10.5 Å². The molecule has 1 saturated heterocycles. The molecule has 1 aromatic carbocycles. The topological polar surface area (TPSA) is 38.5 Å². The van der Waals surface area contributed by atoms with E-state index in [1.165, 1.54) is 57.2 Å².